The van der Waals surface area contributed by atoms with Gasteiger partial charge in [0, 0.05) is 30.5 Å². The molecule has 0 saturated carbocycles. The predicted molar refractivity (Wildman–Crippen MR) is 96.8 cm³/mol. The first-order valence-electron chi connectivity index (χ1n) is 7.85. The Morgan fingerprint density at radius 1 is 1.33 bits per heavy atom. The monoisotopic (exact) mass is 398 g/mol. The van der Waals surface area contributed by atoms with E-state index < -0.39 is 21.2 Å². The normalized spacial score (nSPS) is 14.1. The van der Waals surface area contributed by atoms with Gasteiger partial charge >= 0.3 is 6.18 Å². The van der Waals surface area contributed by atoms with E-state index in [1.807, 2.05) is 0 Å². The van der Waals surface area contributed by atoms with Gasteiger partial charge in [0.15, 0.2) is 0 Å². The molecule has 10 heteroatoms. The fourth-order valence-corrected chi connectivity index (χ4v) is 3.88. The molecule has 0 aromatic carbocycles. The van der Waals surface area contributed by atoms with Crippen LogP contribution in [-0.2, 0) is 15.5 Å². The first kappa shape index (κ1) is 19.2. The summed E-state index contributed by atoms with van der Waals surface area (Å²) in [5.41, 5.74) is -0.231. The Balaban J connectivity index is 2.25. The van der Waals surface area contributed by atoms with Gasteiger partial charge in [-0.05, 0) is 18.6 Å². The maximum atomic E-state index is 13.1. The Morgan fingerprint density at radius 3 is 2.63 bits per heavy atom. The van der Waals surface area contributed by atoms with Crippen molar-refractivity contribution < 1.29 is 21.9 Å². The Morgan fingerprint density at radius 2 is 2.04 bits per heavy atom. The van der Waals surface area contributed by atoms with Crippen LogP contribution in [0.5, 0.6) is 0 Å². The molecule has 144 valence electrons. The average Bonchev–Trinajstić information content (AvgIpc) is 3.03. The van der Waals surface area contributed by atoms with Crippen LogP contribution in [0.25, 0.3) is 23.1 Å². The fourth-order valence-electron chi connectivity index (χ4n) is 2.48. The van der Waals surface area contributed by atoms with Crippen LogP contribution in [0, 0.1) is 0 Å². The van der Waals surface area contributed by atoms with E-state index in [4.69, 9.17) is 0 Å². The molecular formula is C17H17F3N4O2S. The van der Waals surface area contributed by atoms with Crippen molar-refractivity contribution in [2.75, 3.05) is 12.0 Å². The summed E-state index contributed by atoms with van der Waals surface area (Å²) in [6.07, 6.45) is 1.98. The lowest BCUT2D eigenvalue weighted by molar-refractivity contribution is -0.141. The van der Waals surface area contributed by atoms with Gasteiger partial charge in [-0.3, -0.25) is 13.9 Å². The Labute approximate surface area is 153 Å². The maximum Gasteiger partial charge on any atom is 0.433 e. The predicted octanol–water partition coefficient (Wildman–Crippen LogP) is 3.75. The topological polar surface area (TPSA) is 80.4 Å². The molecular weight excluding hydrogens is 381 g/mol. The first-order chi connectivity index (χ1) is 12.4. The number of alkyl halides is 3. The van der Waals surface area contributed by atoms with Gasteiger partial charge in [-0.15, -0.1) is 0 Å². The van der Waals surface area contributed by atoms with Crippen LogP contribution in [0.1, 0.15) is 18.2 Å². The van der Waals surface area contributed by atoms with E-state index in [9.17, 15) is 21.9 Å². The van der Waals surface area contributed by atoms with Crippen LogP contribution in [0.2, 0.25) is 0 Å². The van der Waals surface area contributed by atoms with E-state index in [1.54, 1.807) is 6.92 Å². The summed E-state index contributed by atoms with van der Waals surface area (Å²) >= 11 is 0. The number of hydrogen-bond acceptors (Lipinski definition) is 4. The summed E-state index contributed by atoms with van der Waals surface area (Å²) in [7, 11) is -4.23. The molecule has 3 aromatic rings. The third-order valence-corrected chi connectivity index (χ3v) is 7.03. The summed E-state index contributed by atoms with van der Waals surface area (Å²) in [5, 5.41) is 0. The lowest BCUT2D eigenvalue weighted by Gasteiger charge is -2.38. The van der Waals surface area contributed by atoms with Crippen molar-refractivity contribution in [2.45, 2.75) is 18.0 Å². The Kier molecular flexibility index (Phi) is 4.23. The molecule has 0 atom stereocenters. The first-order valence-corrected chi connectivity index (χ1v) is 10.4. The van der Waals surface area contributed by atoms with Gasteiger partial charge in [0.25, 0.3) is 0 Å². The zero-order chi connectivity index (χ0) is 20.1. The van der Waals surface area contributed by atoms with Gasteiger partial charge in [-0.2, -0.15) is 22.5 Å². The van der Waals surface area contributed by atoms with Crippen molar-refractivity contribution in [1.82, 2.24) is 19.4 Å². The molecule has 3 heterocycles. The van der Waals surface area contributed by atoms with Crippen molar-refractivity contribution in [3.8, 4) is 11.4 Å². The lowest BCUT2D eigenvalue weighted by atomic mass is 10.2. The van der Waals surface area contributed by atoms with Crippen molar-refractivity contribution >= 4 is 21.1 Å². The largest absolute Gasteiger partial charge is 0.433 e. The molecule has 0 aliphatic carbocycles. The molecule has 0 aliphatic heterocycles. The Bertz CT molecular complexity index is 1120. The molecule has 0 saturated heterocycles. The number of fused-ring (bicyclic) bond motifs is 1. The molecule has 0 bridgehead atoms. The summed E-state index contributed by atoms with van der Waals surface area (Å²) < 4.78 is 63.7. The molecule has 6 nitrogen and oxygen atoms in total. The summed E-state index contributed by atoms with van der Waals surface area (Å²) in [6, 6.07) is 2.30. The molecule has 0 fully saturated rings. The zero-order valence-corrected chi connectivity index (χ0v) is 15.4. The van der Waals surface area contributed by atoms with E-state index in [-0.39, 0.29) is 27.7 Å². The second-order valence-electron chi connectivity index (χ2n) is 6.25. The molecule has 0 unspecified atom stereocenters. The third kappa shape index (κ3) is 3.50. The summed E-state index contributed by atoms with van der Waals surface area (Å²) in [6.45, 7) is 5.20. The number of aromatic nitrogens is 4. The Hall–Kier alpha value is -2.59. The standard InChI is InChI=1S/C17H17F3N4O2S/c1-4-11-6-13(27(3,25,26)5-2)16(21-8-11)12-9-24-10-22-14(17(18,19)20)7-15(24)23-12/h4,6-10H,1,5H2,2-3H3,(H,25,26). The highest BCUT2D eigenvalue weighted by Crippen LogP contribution is 2.37. The van der Waals surface area contributed by atoms with Gasteiger partial charge in [-0.1, -0.05) is 12.7 Å². The van der Waals surface area contributed by atoms with Gasteiger partial charge in [0.05, 0.1) is 4.90 Å². The summed E-state index contributed by atoms with van der Waals surface area (Å²) in [4.78, 5) is 11.8. The minimum absolute atomic E-state index is 0.00182. The molecule has 3 aromatic heterocycles. The van der Waals surface area contributed by atoms with Crippen LogP contribution in [-0.4, -0.2) is 40.1 Å². The second-order valence-corrected chi connectivity index (χ2v) is 10.2. The minimum atomic E-state index is -4.60. The fraction of sp³-hybridized carbons (Fsp3) is 0.235. The van der Waals surface area contributed by atoms with Gasteiger partial charge in [0.2, 0.25) is 0 Å². The van der Waals surface area contributed by atoms with E-state index >= 15 is 0 Å². The number of imidazole rings is 1. The average molecular weight is 398 g/mol. The molecule has 27 heavy (non-hydrogen) atoms. The van der Waals surface area contributed by atoms with Crippen LogP contribution < -0.4 is 0 Å². The van der Waals surface area contributed by atoms with Crippen LogP contribution in [0.4, 0.5) is 13.2 Å². The number of rotatable bonds is 4. The van der Waals surface area contributed by atoms with E-state index in [0.717, 1.165) is 12.4 Å². The van der Waals surface area contributed by atoms with E-state index in [2.05, 4.69) is 21.5 Å². The SMILES string of the molecule is C=Cc1cnc(-c2cn3cnc(C(F)(F)F)cc3n2)c(S(C)(=O)(O)CC)c1. The maximum absolute atomic E-state index is 13.1. The zero-order valence-electron chi connectivity index (χ0n) is 14.6. The van der Waals surface area contributed by atoms with Crippen molar-refractivity contribution in [3.05, 3.63) is 48.7 Å². The van der Waals surface area contributed by atoms with Crippen molar-refractivity contribution in [3.63, 3.8) is 0 Å². The quantitative estimate of drug-likeness (QED) is 0.724. The molecule has 0 aliphatic rings. The van der Waals surface area contributed by atoms with Gasteiger partial charge in [-0.25, -0.2) is 14.2 Å². The third-order valence-electron chi connectivity index (χ3n) is 4.23. The highest BCUT2D eigenvalue weighted by molar-refractivity contribution is 8.14. The van der Waals surface area contributed by atoms with Gasteiger partial charge in [0.1, 0.15) is 29.1 Å². The minimum Gasteiger partial charge on any atom is -0.299 e. The molecule has 0 spiro atoms. The second kappa shape index (κ2) is 5.96. The number of nitrogens with zero attached hydrogens (tertiary/aromatic N) is 4. The molecule has 0 amide bonds. The number of halogens is 3. The molecule has 0 radical (unpaired) electrons. The molecule has 3 rings (SSSR count). The summed E-state index contributed by atoms with van der Waals surface area (Å²) in [5.74, 6) is -0.0559. The van der Waals surface area contributed by atoms with Gasteiger partial charge < -0.3 is 0 Å². The highest BCUT2D eigenvalue weighted by atomic mass is 32.3. The molecule has 1 N–H and O–H groups in total. The number of pyridine rings is 1. The number of hydrogen-bond donors (Lipinski definition) is 1. The van der Waals surface area contributed by atoms with Crippen LogP contribution >= 0.6 is 0 Å². The van der Waals surface area contributed by atoms with E-state index in [1.165, 1.54) is 35.2 Å². The van der Waals surface area contributed by atoms with Crippen LogP contribution in [0.15, 0.2) is 42.3 Å². The highest BCUT2D eigenvalue weighted by Gasteiger charge is 2.33. The van der Waals surface area contributed by atoms with E-state index in [0.29, 0.717) is 5.56 Å². The van der Waals surface area contributed by atoms with Crippen molar-refractivity contribution in [2.24, 2.45) is 0 Å². The lowest BCUT2D eigenvalue weighted by Crippen LogP contribution is -2.34. The smallest absolute Gasteiger partial charge is 0.299 e. The van der Waals surface area contributed by atoms with Crippen molar-refractivity contribution in [1.29, 1.82) is 0 Å². The van der Waals surface area contributed by atoms with Crippen LogP contribution in [0.3, 0.4) is 0 Å².